The topological polar surface area (TPSA) is 41.6 Å². The Bertz CT molecular complexity index is 431. The lowest BCUT2D eigenvalue weighted by Crippen LogP contribution is -2.41. The lowest BCUT2D eigenvalue weighted by atomic mass is 10.2. The summed E-state index contributed by atoms with van der Waals surface area (Å²) in [5, 5.41) is 3.52. The fraction of sp³-hybridized carbons (Fsp3) is 0.462. The summed E-state index contributed by atoms with van der Waals surface area (Å²) in [6.07, 6.45) is 0. The van der Waals surface area contributed by atoms with Gasteiger partial charge in [-0.05, 0) is 24.6 Å². The van der Waals surface area contributed by atoms with Gasteiger partial charge in [0.15, 0.2) is 0 Å². The molecule has 18 heavy (non-hydrogen) atoms. The van der Waals surface area contributed by atoms with Gasteiger partial charge in [-0.3, -0.25) is 9.69 Å². The lowest BCUT2D eigenvalue weighted by Gasteiger charge is -2.25. The Morgan fingerprint density at radius 3 is 2.83 bits per heavy atom. The molecule has 2 rings (SSSR count). The standard InChI is InChI=1S/C13H17ClN2O2/c1-10-2-3-11(8-12(10)14)15-13(17)9-16-4-6-18-7-5-16/h2-3,8H,4-7,9H2,1H3,(H,15,17). The van der Waals surface area contributed by atoms with E-state index in [0.29, 0.717) is 24.8 Å². The van der Waals surface area contributed by atoms with Crippen LogP contribution in [-0.2, 0) is 9.53 Å². The minimum Gasteiger partial charge on any atom is -0.379 e. The van der Waals surface area contributed by atoms with Crippen LogP contribution in [0.5, 0.6) is 0 Å². The van der Waals surface area contributed by atoms with Crippen molar-refractivity contribution in [3.8, 4) is 0 Å². The predicted octanol–water partition coefficient (Wildman–Crippen LogP) is 1.92. The number of halogens is 1. The lowest BCUT2D eigenvalue weighted by molar-refractivity contribution is -0.118. The zero-order chi connectivity index (χ0) is 13.0. The number of anilines is 1. The third-order valence-electron chi connectivity index (χ3n) is 2.93. The highest BCUT2D eigenvalue weighted by atomic mass is 35.5. The Morgan fingerprint density at radius 2 is 2.17 bits per heavy atom. The van der Waals surface area contributed by atoms with E-state index in [-0.39, 0.29) is 5.91 Å². The number of rotatable bonds is 3. The SMILES string of the molecule is Cc1ccc(NC(=O)CN2CCOCC2)cc1Cl. The molecule has 0 saturated carbocycles. The molecule has 1 saturated heterocycles. The Labute approximate surface area is 112 Å². The van der Waals surface area contributed by atoms with E-state index in [1.165, 1.54) is 0 Å². The third-order valence-corrected chi connectivity index (χ3v) is 3.33. The summed E-state index contributed by atoms with van der Waals surface area (Å²) in [6, 6.07) is 5.53. The number of morpholine rings is 1. The van der Waals surface area contributed by atoms with Crippen molar-refractivity contribution in [3.05, 3.63) is 28.8 Å². The summed E-state index contributed by atoms with van der Waals surface area (Å²) in [5.41, 5.74) is 1.74. The summed E-state index contributed by atoms with van der Waals surface area (Å²) in [6.45, 7) is 5.34. The predicted molar refractivity (Wildman–Crippen MR) is 72.1 cm³/mol. The first-order valence-electron chi connectivity index (χ1n) is 6.01. The summed E-state index contributed by atoms with van der Waals surface area (Å²) in [5.74, 6) is -0.0168. The van der Waals surface area contributed by atoms with Gasteiger partial charge >= 0.3 is 0 Å². The highest BCUT2D eigenvalue weighted by Crippen LogP contribution is 2.19. The number of carbonyl (C=O) groups excluding carboxylic acids is 1. The molecule has 0 bridgehead atoms. The van der Waals surface area contributed by atoms with Crippen LogP contribution >= 0.6 is 11.6 Å². The Balaban J connectivity index is 1.88. The molecule has 1 aliphatic heterocycles. The molecular formula is C13H17ClN2O2. The van der Waals surface area contributed by atoms with Gasteiger partial charge < -0.3 is 10.1 Å². The highest BCUT2D eigenvalue weighted by Gasteiger charge is 2.14. The molecule has 1 aliphatic rings. The second-order valence-corrected chi connectivity index (χ2v) is 4.81. The van der Waals surface area contributed by atoms with E-state index in [9.17, 15) is 4.79 Å². The number of carbonyl (C=O) groups is 1. The van der Waals surface area contributed by atoms with Gasteiger partial charge in [0.1, 0.15) is 0 Å². The van der Waals surface area contributed by atoms with Crippen LogP contribution in [0.25, 0.3) is 0 Å². The molecule has 4 nitrogen and oxygen atoms in total. The van der Waals surface area contributed by atoms with Crippen molar-refractivity contribution in [3.63, 3.8) is 0 Å². The number of amides is 1. The summed E-state index contributed by atoms with van der Waals surface area (Å²) < 4.78 is 5.24. The van der Waals surface area contributed by atoms with E-state index in [1.54, 1.807) is 6.07 Å². The minimum absolute atomic E-state index is 0.0168. The van der Waals surface area contributed by atoms with Gasteiger partial charge in [-0.25, -0.2) is 0 Å². The summed E-state index contributed by atoms with van der Waals surface area (Å²) in [7, 11) is 0. The van der Waals surface area contributed by atoms with E-state index >= 15 is 0 Å². The molecule has 1 aromatic carbocycles. The molecule has 0 unspecified atom stereocenters. The average molecular weight is 269 g/mol. The van der Waals surface area contributed by atoms with Crippen molar-refractivity contribution in [1.82, 2.24) is 4.90 Å². The average Bonchev–Trinajstić information content (AvgIpc) is 2.35. The normalized spacial score (nSPS) is 16.6. The van der Waals surface area contributed by atoms with Gasteiger partial charge in [-0.1, -0.05) is 17.7 Å². The Kier molecular flexibility index (Phi) is 4.58. The second kappa shape index (κ2) is 6.18. The molecule has 5 heteroatoms. The van der Waals surface area contributed by atoms with Crippen LogP contribution in [0.4, 0.5) is 5.69 Å². The van der Waals surface area contributed by atoms with Crippen molar-refractivity contribution in [2.75, 3.05) is 38.2 Å². The number of aryl methyl sites for hydroxylation is 1. The van der Waals surface area contributed by atoms with Crippen molar-refractivity contribution < 1.29 is 9.53 Å². The molecule has 0 spiro atoms. The van der Waals surface area contributed by atoms with Crippen molar-refractivity contribution >= 4 is 23.2 Å². The fourth-order valence-corrected chi connectivity index (χ4v) is 2.01. The summed E-state index contributed by atoms with van der Waals surface area (Å²) >= 11 is 6.01. The maximum atomic E-state index is 11.8. The first-order chi connectivity index (χ1) is 8.65. The molecule has 0 radical (unpaired) electrons. The maximum absolute atomic E-state index is 11.8. The molecule has 1 aromatic rings. The zero-order valence-corrected chi connectivity index (χ0v) is 11.2. The Hall–Kier alpha value is -1.10. The fourth-order valence-electron chi connectivity index (χ4n) is 1.83. The molecule has 0 aromatic heterocycles. The van der Waals surface area contributed by atoms with Gasteiger partial charge in [0.2, 0.25) is 5.91 Å². The van der Waals surface area contributed by atoms with Gasteiger partial charge in [0.05, 0.1) is 19.8 Å². The number of hydrogen-bond donors (Lipinski definition) is 1. The van der Waals surface area contributed by atoms with Crippen LogP contribution in [-0.4, -0.2) is 43.7 Å². The van der Waals surface area contributed by atoms with Gasteiger partial charge in [0.25, 0.3) is 0 Å². The molecule has 1 heterocycles. The first-order valence-corrected chi connectivity index (χ1v) is 6.39. The van der Waals surface area contributed by atoms with Crippen LogP contribution in [0.2, 0.25) is 5.02 Å². The number of hydrogen-bond acceptors (Lipinski definition) is 3. The monoisotopic (exact) mass is 268 g/mol. The quantitative estimate of drug-likeness (QED) is 0.911. The van der Waals surface area contributed by atoms with Crippen molar-refractivity contribution in [2.45, 2.75) is 6.92 Å². The van der Waals surface area contributed by atoms with Gasteiger partial charge in [-0.15, -0.1) is 0 Å². The van der Waals surface area contributed by atoms with Crippen LogP contribution in [0.3, 0.4) is 0 Å². The van der Waals surface area contributed by atoms with E-state index in [4.69, 9.17) is 16.3 Å². The molecule has 1 N–H and O–H groups in total. The van der Waals surface area contributed by atoms with Crippen LogP contribution in [0.15, 0.2) is 18.2 Å². The van der Waals surface area contributed by atoms with E-state index in [0.717, 1.165) is 24.3 Å². The van der Waals surface area contributed by atoms with Crippen molar-refractivity contribution in [1.29, 1.82) is 0 Å². The third kappa shape index (κ3) is 3.70. The molecule has 1 amide bonds. The molecule has 98 valence electrons. The number of nitrogens with zero attached hydrogens (tertiary/aromatic N) is 1. The molecule has 0 atom stereocenters. The summed E-state index contributed by atoms with van der Waals surface area (Å²) in [4.78, 5) is 13.9. The maximum Gasteiger partial charge on any atom is 0.238 e. The number of ether oxygens (including phenoxy) is 1. The van der Waals surface area contributed by atoms with Crippen LogP contribution in [0.1, 0.15) is 5.56 Å². The van der Waals surface area contributed by atoms with Gasteiger partial charge in [-0.2, -0.15) is 0 Å². The molecule has 1 fully saturated rings. The first kappa shape index (κ1) is 13.3. The Morgan fingerprint density at radius 1 is 1.44 bits per heavy atom. The van der Waals surface area contributed by atoms with E-state index < -0.39 is 0 Å². The highest BCUT2D eigenvalue weighted by molar-refractivity contribution is 6.31. The minimum atomic E-state index is -0.0168. The number of nitrogens with one attached hydrogen (secondary N) is 1. The second-order valence-electron chi connectivity index (χ2n) is 4.40. The van der Waals surface area contributed by atoms with Gasteiger partial charge in [0, 0.05) is 23.8 Å². The van der Waals surface area contributed by atoms with Crippen LogP contribution in [0, 0.1) is 6.92 Å². The van der Waals surface area contributed by atoms with E-state index in [1.807, 2.05) is 19.1 Å². The molecule has 0 aliphatic carbocycles. The molecular weight excluding hydrogens is 252 g/mol. The zero-order valence-electron chi connectivity index (χ0n) is 10.4. The largest absolute Gasteiger partial charge is 0.379 e. The number of benzene rings is 1. The van der Waals surface area contributed by atoms with E-state index in [2.05, 4.69) is 10.2 Å². The van der Waals surface area contributed by atoms with Crippen molar-refractivity contribution in [2.24, 2.45) is 0 Å². The smallest absolute Gasteiger partial charge is 0.238 e. The van der Waals surface area contributed by atoms with Crippen LogP contribution < -0.4 is 5.32 Å².